The Labute approximate surface area is 113 Å². The van der Waals surface area contributed by atoms with Gasteiger partial charge >= 0.3 is 0 Å². The molecule has 0 saturated carbocycles. The van der Waals surface area contributed by atoms with E-state index in [1.54, 1.807) is 0 Å². The summed E-state index contributed by atoms with van der Waals surface area (Å²) in [5.41, 5.74) is 3.97. The zero-order chi connectivity index (χ0) is 13.0. The van der Waals surface area contributed by atoms with Crippen molar-refractivity contribution in [3.8, 4) is 6.07 Å². The van der Waals surface area contributed by atoms with Gasteiger partial charge in [-0.1, -0.05) is 18.2 Å². The van der Waals surface area contributed by atoms with Crippen LogP contribution in [0.3, 0.4) is 0 Å². The molecule has 3 heteroatoms. The van der Waals surface area contributed by atoms with Gasteiger partial charge in [0.25, 0.3) is 0 Å². The summed E-state index contributed by atoms with van der Waals surface area (Å²) in [7, 11) is 2.16. The van der Waals surface area contributed by atoms with Crippen LogP contribution in [-0.4, -0.2) is 17.7 Å². The van der Waals surface area contributed by atoms with E-state index >= 15 is 0 Å². The third-order valence-electron chi connectivity index (χ3n) is 4.78. The molecule has 0 spiro atoms. The van der Waals surface area contributed by atoms with E-state index in [1.807, 2.05) is 0 Å². The summed E-state index contributed by atoms with van der Waals surface area (Å²) >= 11 is 0. The summed E-state index contributed by atoms with van der Waals surface area (Å²) in [5, 5.41) is 10.4. The highest BCUT2D eigenvalue weighted by molar-refractivity contribution is 5.94. The monoisotopic (exact) mass is 251 g/mol. The van der Waals surface area contributed by atoms with E-state index in [-0.39, 0.29) is 0 Å². The van der Waals surface area contributed by atoms with Crippen LogP contribution in [0.5, 0.6) is 0 Å². The summed E-state index contributed by atoms with van der Waals surface area (Å²) in [6.45, 7) is 2.38. The molecule has 3 aliphatic rings. The van der Waals surface area contributed by atoms with Crippen molar-refractivity contribution in [3.63, 3.8) is 0 Å². The van der Waals surface area contributed by atoms with E-state index in [4.69, 9.17) is 5.26 Å². The van der Waals surface area contributed by atoms with E-state index in [0.29, 0.717) is 6.42 Å². The van der Waals surface area contributed by atoms with E-state index in [0.717, 1.165) is 11.5 Å². The highest BCUT2D eigenvalue weighted by atomic mass is 15.3. The predicted molar refractivity (Wildman–Crippen MR) is 76.4 cm³/mol. The fourth-order valence-electron chi connectivity index (χ4n) is 4.00. The Bertz CT molecular complexity index is 697. The lowest BCUT2D eigenvalue weighted by atomic mass is 9.84. The molecule has 1 saturated heterocycles. The topological polar surface area (TPSA) is 32.0 Å². The fraction of sp³-hybridized carbons (Fsp3) is 0.438. The van der Waals surface area contributed by atoms with Gasteiger partial charge in [0, 0.05) is 31.1 Å². The lowest BCUT2D eigenvalue weighted by molar-refractivity contribution is 0.469. The van der Waals surface area contributed by atoms with Crippen LogP contribution in [-0.2, 0) is 13.5 Å². The number of piperidine rings is 1. The number of aromatic nitrogens is 1. The maximum absolute atomic E-state index is 9.02. The van der Waals surface area contributed by atoms with Crippen LogP contribution < -0.4 is 4.90 Å². The van der Waals surface area contributed by atoms with Crippen molar-refractivity contribution >= 4 is 16.7 Å². The molecule has 1 fully saturated rings. The molecule has 0 aliphatic carbocycles. The summed E-state index contributed by atoms with van der Waals surface area (Å²) in [4.78, 5) is 2.52. The molecule has 3 aliphatic heterocycles. The average Bonchev–Trinajstić information content (AvgIpc) is 2.78. The van der Waals surface area contributed by atoms with Gasteiger partial charge in [0.05, 0.1) is 18.0 Å². The first kappa shape index (κ1) is 10.9. The molecule has 0 unspecified atom stereocenters. The second-order valence-electron chi connectivity index (χ2n) is 5.71. The molecular formula is C16H17N3. The molecule has 4 heterocycles. The number of anilines is 1. The lowest BCUT2D eigenvalue weighted by Crippen LogP contribution is -2.39. The highest BCUT2D eigenvalue weighted by Crippen LogP contribution is 2.47. The standard InChI is InChI=1S/C16H17N3/c1-18-15-12(5-8-17)3-2-4-13(15)14-11-6-9-19(10-7-11)16(14)18/h2-4,11H,5-7,9-10H2,1H3. The first-order valence-corrected chi connectivity index (χ1v) is 7.03. The SMILES string of the molecule is Cn1c2c(c3cccc(CC#N)c31)C1CCN2CC1. The maximum Gasteiger partial charge on any atom is 0.112 e. The number of aryl methyl sites for hydroxylation is 1. The molecule has 5 rings (SSSR count). The fourth-order valence-corrected chi connectivity index (χ4v) is 4.00. The number of fused-ring (bicyclic) bond motifs is 3. The van der Waals surface area contributed by atoms with Crippen LogP contribution in [0.4, 0.5) is 5.82 Å². The van der Waals surface area contributed by atoms with Gasteiger partial charge in [0.15, 0.2) is 0 Å². The Balaban J connectivity index is 2.08. The number of nitrogens with zero attached hydrogens (tertiary/aromatic N) is 3. The maximum atomic E-state index is 9.02. The molecule has 96 valence electrons. The molecule has 0 amide bonds. The molecule has 0 atom stereocenters. The van der Waals surface area contributed by atoms with Gasteiger partial charge in [0.2, 0.25) is 0 Å². The Morgan fingerprint density at radius 2 is 2.11 bits per heavy atom. The highest BCUT2D eigenvalue weighted by Gasteiger charge is 2.35. The Morgan fingerprint density at radius 3 is 2.84 bits per heavy atom. The summed E-state index contributed by atoms with van der Waals surface area (Å²) in [6.07, 6.45) is 3.07. The predicted octanol–water partition coefficient (Wildman–Crippen LogP) is 2.94. The molecule has 1 aromatic heterocycles. The van der Waals surface area contributed by atoms with E-state index in [2.05, 4.69) is 40.8 Å². The third kappa shape index (κ3) is 1.32. The van der Waals surface area contributed by atoms with Crippen molar-refractivity contribution in [1.82, 2.24) is 4.57 Å². The van der Waals surface area contributed by atoms with Gasteiger partial charge in [-0.15, -0.1) is 0 Å². The minimum Gasteiger partial charge on any atom is -0.358 e. The number of hydrogen-bond acceptors (Lipinski definition) is 2. The summed E-state index contributed by atoms with van der Waals surface area (Å²) in [5.74, 6) is 2.13. The second-order valence-corrected chi connectivity index (χ2v) is 5.71. The van der Waals surface area contributed by atoms with E-state index in [1.165, 1.54) is 48.2 Å². The molecule has 19 heavy (non-hydrogen) atoms. The molecule has 1 aromatic carbocycles. The van der Waals surface area contributed by atoms with E-state index in [9.17, 15) is 0 Å². The number of hydrogen-bond donors (Lipinski definition) is 0. The van der Waals surface area contributed by atoms with Crippen molar-refractivity contribution in [3.05, 3.63) is 29.3 Å². The Hall–Kier alpha value is -1.95. The lowest BCUT2D eigenvalue weighted by Gasteiger charge is -2.41. The van der Waals surface area contributed by atoms with Gasteiger partial charge < -0.3 is 9.47 Å². The van der Waals surface area contributed by atoms with Crippen molar-refractivity contribution in [2.45, 2.75) is 25.2 Å². The Morgan fingerprint density at radius 1 is 1.32 bits per heavy atom. The zero-order valence-corrected chi connectivity index (χ0v) is 11.2. The van der Waals surface area contributed by atoms with Crippen molar-refractivity contribution in [2.24, 2.45) is 7.05 Å². The van der Waals surface area contributed by atoms with Gasteiger partial charge in [-0.3, -0.25) is 0 Å². The summed E-state index contributed by atoms with van der Waals surface area (Å²) in [6, 6.07) is 8.72. The minimum atomic E-state index is 0.499. The van der Waals surface area contributed by atoms with Gasteiger partial charge in [-0.2, -0.15) is 5.26 Å². The van der Waals surface area contributed by atoms with Crippen LogP contribution in [0, 0.1) is 11.3 Å². The number of benzene rings is 1. The largest absolute Gasteiger partial charge is 0.358 e. The van der Waals surface area contributed by atoms with Gasteiger partial charge in [-0.25, -0.2) is 0 Å². The average molecular weight is 251 g/mol. The zero-order valence-electron chi connectivity index (χ0n) is 11.2. The normalized spacial score (nSPS) is 17.8. The third-order valence-corrected chi connectivity index (χ3v) is 4.78. The van der Waals surface area contributed by atoms with Crippen LogP contribution in [0.1, 0.15) is 29.9 Å². The first-order chi connectivity index (χ1) is 9.31. The Kier molecular flexibility index (Phi) is 2.17. The molecule has 2 aromatic rings. The number of para-hydroxylation sites is 1. The summed E-state index contributed by atoms with van der Waals surface area (Å²) < 4.78 is 2.32. The van der Waals surface area contributed by atoms with Crippen molar-refractivity contribution < 1.29 is 0 Å². The number of rotatable bonds is 1. The quantitative estimate of drug-likeness (QED) is 0.780. The number of nitriles is 1. The molecule has 3 nitrogen and oxygen atoms in total. The first-order valence-electron chi connectivity index (χ1n) is 7.03. The van der Waals surface area contributed by atoms with Crippen molar-refractivity contribution in [2.75, 3.05) is 18.0 Å². The van der Waals surface area contributed by atoms with Crippen molar-refractivity contribution in [1.29, 1.82) is 5.26 Å². The molecular weight excluding hydrogens is 234 g/mol. The molecule has 0 radical (unpaired) electrons. The molecule has 2 bridgehead atoms. The molecule has 0 N–H and O–H groups in total. The van der Waals surface area contributed by atoms with Crippen LogP contribution in [0.25, 0.3) is 10.9 Å². The van der Waals surface area contributed by atoms with Crippen LogP contribution in [0.2, 0.25) is 0 Å². The van der Waals surface area contributed by atoms with Gasteiger partial charge in [0.1, 0.15) is 5.82 Å². The second kappa shape index (κ2) is 3.77. The van der Waals surface area contributed by atoms with Gasteiger partial charge in [-0.05, 0) is 24.3 Å². The van der Waals surface area contributed by atoms with Crippen LogP contribution >= 0.6 is 0 Å². The minimum absolute atomic E-state index is 0.499. The van der Waals surface area contributed by atoms with E-state index < -0.39 is 0 Å². The smallest absolute Gasteiger partial charge is 0.112 e. The van der Waals surface area contributed by atoms with Crippen LogP contribution in [0.15, 0.2) is 18.2 Å².